The third-order valence-corrected chi connectivity index (χ3v) is 4.77. The summed E-state index contributed by atoms with van der Waals surface area (Å²) in [5.41, 5.74) is 3.27. The molecule has 0 spiro atoms. The quantitative estimate of drug-likeness (QED) is 0.656. The van der Waals surface area contributed by atoms with E-state index in [0.717, 1.165) is 5.69 Å². The van der Waals surface area contributed by atoms with Gasteiger partial charge in [-0.2, -0.15) is 0 Å². The summed E-state index contributed by atoms with van der Waals surface area (Å²) in [4.78, 5) is 27.9. The Kier molecular flexibility index (Phi) is 5.09. The van der Waals surface area contributed by atoms with Crippen LogP contribution in [0.5, 0.6) is 5.75 Å². The molecule has 1 aliphatic heterocycles. The molecule has 1 aromatic carbocycles. The minimum atomic E-state index is -0.489. The fraction of sp³-hybridized carbons (Fsp3) is 0.238. The lowest BCUT2D eigenvalue weighted by Crippen LogP contribution is -2.36. The lowest BCUT2D eigenvalue weighted by Gasteiger charge is -2.27. The average Bonchev–Trinajstić information content (AvgIpc) is 2.74. The second-order valence-electron chi connectivity index (χ2n) is 6.84. The summed E-state index contributed by atoms with van der Waals surface area (Å²) in [7, 11) is 1.87. The van der Waals surface area contributed by atoms with Crippen molar-refractivity contribution in [2.45, 2.75) is 13.0 Å². The Hall–Kier alpha value is -3.52. The normalized spacial score (nSPS) is 16.3. The highest BCUT2D eigenvalue weighted by atomic mass is 16.5. The minimum absolute atomic E-state index is 0.170. The number of nitrogens with zero attached hydrogens (tertiary/aromatic N) is 4. The lowest BCUT2D eigenvalue weighted by molar-refractivity contribution is 0.102. The standard InChI is InChI=1S/C21H21N5O3/c1-13-20-21(28)25-17-9-22-8-7-18(17)26(2)11-14(12-27)29-19-6-4-3-5-15(19)16(24-20)10-23-13/h3-10,14,27H,11-12H2,1-2H3,(H,25,28)/t14-/m0/s1. The van der Waals surface area contributed by atoms with Gasteiger partial charge in [0.2, 0.25) is 0 Å². The van der Waals surface area contributed by atoms with Crippen LogP contribution >= 0.6 is 0 Å². The monoisotopic (exact) mass is 391 g/mol. The molecule has 8 heteroatoms. The van der Waals surface area contributed by atoms with Crippen molar-refractivity contribution in [1.82, 2.24) is 15.0 Å². The minimum Gasteiger partial charge on any atom is -0.485 e. The Morgan fingerprint density at radius 3 is 2.93 bits per heavy atom. The van der Waals surface area contributed by atoms with Crippen LogP contribution in [0, 0.1) is 6.92 Å². The molecule has 2 N–H and O–H groups in total. The third kappa shape index (κ3) is 3.74. The van der Waals surface area contributed by atoms with E-state index in [0.29, 0.717) is 34.9 Å². The van der Waals surface area contributed by atoms with Crippen molar-refractivity contribution in [1.29, 1.82) is 0 Å². The van der Waals surface area contributed by atoms with Crippen LogP contribution in [0.3, 0.4) is 0 Å². The number of pyridine rings is 1. The van der Waals surface area contributed by atoms with Gasteiger partial charge in [-0.25, -0.2) is 4.98 Å². The van der Waals surface area contributed by atoms with Crippen LogP contribution in [0.4, 0.5) is 11.4 Å². The summed E-state index contributed by atoms with van der Waals surface area (Å²) in [6, 6.07) is 9.19. The molecule has 2 aromatic heterocycles. The van der Waals surface area contributed by atoms with Crippen molar-refractivity contribution in [3.05, 3.63) is 60.3 Å². The number of aliphatic hydroxyl groups is 1. The van der Waals surface area contributed by atoms with Crippen LogP contribution < -0.4 is 15.0 Å². The molecule has 1 amide bonds. The highest BCUT2D eigenvalue weighted by molar-refractivity contribution is 6.05. The number of amides is 1. The van der Waals surface area contributed by atoms with E-state index < -0.39 is 6.10 Å². The first kappa shape index (κ1) is 18.8. The van der Waals surface area contributed by atoms with Gasteiger partial charge in [0.25, 0.3) is 5.91 Å². The maximum Gasteiger partial charge on any atom is 0.276 e. The molecule has 3 heterocycles. The number of fused-ring (bicyclic) bond motifs is 5. The van der Waals surface area contributed by atoms with Gasteiger partial charge in [0.1, 0.15) is 17.5 Å². The lowest BCUT2D eigenvalue weighted by atomic mass is 10.1. The molecular weight excluding hydrogens is 370 g/mol. The number of benzene rings is 1. The molecule has 0 saturated carbocycles. The van der Waals surface area contributed by atoms with E-state index in [9.17, 15) is 9.90 Å². The van der Waals surface area contributed by atoms with E-state index in [1.54, 1.807) is 31.6 Å². The van der Waals surface area contributed by atoms with Gasteiger partial charge in [-0.05, 0) is 25.1 Å². The predicted octanol–water partition coefficient (Wildman–Crippen LogP) is 2.29. The van der Waals surface area contributed by atoms with Crippen molar-refractivity contribution in [3.8, 4) is 17.0 Å². The molecule has 2 bridgehead atoms. The Balaban J connectivity index is 1.89. The first-order valence-electron chi connectivity index (χ1n) is 9.24. The van der Waals surface area contributed by atoms with Gasteiger partial charge in [0.05, 0.1) is 48.3 Å². The molecule has 0 aliphatic carbocycles. The number of aryl methyl sites for hydroxylation is 1. The molecule has 148 valence electrons. The van der Waals surface area contributed by atoms with Crippen molar-refractivity contribution in [2.24, 2.45) is 0 Å². The Labute approximate surface area is 168 Å². The number of hydrogen-bond donors (Lipinski definition) is 2. The first-order valence-corrected chi connectivity index (χ1v) is 9.24. The Morgan fingerprint density at radius 1 is 1.28 bits per heavy atom. The number of aromatic nitrogens is 3. The topological polar surface area (TPSA) is 100 Å². The van der Waals surface area contributed by atoms with Crippen LogP contribution in [0.25, 0.3) is 11.3 Å². The zero-order chi connectivity index (χ0) is 20.4. The third-order valence-electron chi connectivity index (χ3n) is 4.77. The van der Waals surface area contributed by atoms with Gasteiger partial charge in [0.15, 0.2) is 0 Å². The summed E-state index contributed by atoms with van der Waals surface area (Å²) in [6.07, 6.45) is 4.36. The highest BCUT2D eigenvalue weighted by Gasteiger charge is 2.22. The van der Waals surface area contributed by atoms with E-state index in [1.165, 1.54) is 0 Å². The molecule has 4 rings (SSSR count). The Bertz CT molecular complexity index is 1060. The maximum absolute atomic E-state index is 13.0. The highest BCUT2D eigenvalue weighted by Crippen LogP contribution is 2.31. The van der Waals surface area contributed by atoms with E-state index in [-0.39, 0.29) is 18.2 Å². The van der Waals surface area contributed by atoms with E-state index >= 15 is 0 Å². The largest absolute Gasteiger partial charge is 0.485 e. The summed E-state index contributed by atoms with van der Waals surface area (Å²) in [5.74, 6) is 0.203. The van der Waals surface area contributed by atoms with Crippen molar-refractivity contribution < 1.29 is 14.6 Å². The van der Waals surface area contributed by atoms with Gasteiger partial charge in [-0.3, -0.25) is 14.8 Å². The first-order chi connectivity index (χ1) is 14.1. The summed E-state index contributed by atoms with van der Waals surface area (Å²) in [5, 5.41) is 12.8. The molecule has 29 heavy (non-hydrogen) atoms. The molecule has 0 unspecified atom stereocenters. The summed E-state index contributed by atoms with van der Waals surface area (Å²) in [6.45, 7) is 1.97. The zero-order valence-electron chi connectivity index (χ0n) is 16.2. The Morgan fingerprint density at radius 2 is 2.10 bits per heavy atom. The maximum atomic E-state index is 13.0. The van der Waals surface area contributed by atoms with Crippen LogP contribution in [0.2, 0.25) is 0 Å². The van der Waals surface area contributed by atoms with Crippen LogP contribution in [-0.4, -0.2) is 52.3 Å². The number of likely N-dealkylation sites (N-methyl/N-ethyl adjacent to an activating group) is 1. The number of nitrogens with one attached hydrogen (secondary N) is 1. The fourth-order valence-corrected chi connectivity index (χ4v) is 3.29. The van der Waals surface area contributed by atoms with E-state index in [4.69, 9.17) is 4.74 Å². The van der Waals surface area contributed by atoms with Gasteiger partial charge >= 0.3 is 0 Å². The number of para-hydroxylation sites is 1. The second-order valence-corrected chi connectivity index (χ2v) is 6.84. The second kappa shape index (κ2) is 7.84. The molecule has 0 fully saturated rings. The number of rotatable bonds is 1. The molecular formula is C21H21N5O3. The fourth-order valence-electron chi connectivity index (χ4n) is 3.29. The summed E-state index contributed by atoms with van der Waals surface area (Å²) < 4.78 is 6.12. The number of carbonyl (C=O) groups is 1. The molecule has 0 saturated heterocycles. The van der Waals surface area contributed by atoms with Gasteiger partial charge < -0.3 is 20.1 Å². The zero-order valence-corrected chi connectivity index (χ0v) is 16.2. The molecule has 3 aromatic rings. The van der Waals surface area contributed by atoms with Gasteiger partial charge in [-0.15, -0.1) is 0 Å². The molecule has 1 aliphatic rings. The van der Waals surface area contributed by atoms with E-state index in [2.05, 4.69) is 20.3 Å². The van der Waals surface area contributed by atoms with Gasteiger partial charge in [-0.1, -0.05) is 12.1 Å². The number of anilines is 2. The van der Waals surface area contributed by atoms with Crippen LogP contribution in [-0.2, 0) is 0 Å². The molecule has 8 nitrogen and oxygen atoms in total. The average molecular weight is 391 g/mol. The SMILES string of the molecule is Cc1ncc2nc1C(=O)Nc1cnccc1N(C)C[C@@H](CO)Oc1ccccc1-2. The van der Waals surface area contributed by atoms with Crippen molar-refractivity contribution in [3.63, 3.8) is 0 Å². The van der Waals surface area contributed by atoms with Gasteiger partial charge in [0, 0.05) is 18.8 Å². The van der Waals surface area contributed by atoms with Crippen LogP contribution in [0.1, 0.15) is 16.2 Å². The smallest absolute Gasteiger partial charge is 0.276 e. The number of carbonyl (C=O) groups excluding carboxylic acids is 1. The van der Waals surface area contributed by atoms with Crippen molar-refractivity contribution >= 4 is 17.3 Å². The number of ether oxygens (including phenoxy) is 1. The van der Waals surface area contributed by atoms with Crippen molar-refractivity contribution in [2.75, 3.05) is 30.4 Å². The molecule has 1 atom stereocenters. The number of aliphatic hydroxyl groups excluding tert-OH is 1. The van der Waals surface area contributed by atoms with Crippen LogP contribution in [0.15, 0.2) is 48.9 Å². The molecule has 0 radical (unpaired) electrons. The number of hydrogen-bond acceptors (Lipinski definition) is 7. The predicted molar refractivity (Wildman–Crippen MR) is 109 cm³/mol. The van der Waals surface area contributed by atoms with E-state index in [1.807, 2.05) is 36.2 Å². The summed E-state index contributed by atoms with van der Waals surface area (Å²) >= 11 is 0.